The van der Waals surface area contributed by atoms with E-state index in [-0.39, 0.29) is 5.56 Å². The van der Waals surface area contributed by atoms with Crippen LogP contribution in [0, 0.1) is 0 Å². The van der Waals surface area contributed by atoms with Gasteiger partial charge in [-0.3, -0.25) is 9.59 Å². The zero-order valence-electron chi connectivity index (χ0n) is 19.9. The van der Waals surface area contributed by atoms with E-state index in [9.17, 15) is 27.6 Å². The lowest BCUT2D eigenvalue weighted by atomic mass is 9.94. The van der Waals surface area contributed by atoms with Gasteiger partial charge in [-0.05, 0) is 41.0 Å². The number of ketones is 1. The molecule has 3 aromatic carbocycles. The first-order valence-electron chi connectivity index (χ1n) is 11.6. The van der Waals surface area contributed by atoms with Crippen molar-refractivity contribution >= 4 is 29.8 Å². The summed E-state index contributed by atoms with van der Waals surface area (Å²) in [5.74, 6) is -1.91. The van der Waals surface area contributed by atoms with Crippen LogP contribution in [0.2, 0.25) is 0 Å². The van der Waals surface area contributed by atoms with Gasteiger partial charge in [-0.25, -0.2) is 4.79 Å². The van der Waals surface area contributed by atoms with E-state index in [4.69, 9.17) is 4.74 Å². The molecule has 1 aliphatic rings. The molecule has 0 bridgehead atoms. The number of alkyl halides is 3. The van der Waals surface area contributed by atoms with Crippen molar-refractivity contribution < 1.29 is 32.3 Å². The smallest absolute Gasteiger partial charge is 0.416 e. The fraction of sp³-hybridized carbons (Fsp3) is 0.100. The molecule has 8 heteroatoms. The highest BCUT2D eigenvalue weighted by molar-refractivity contribution is 6.01. The summed E-state index contributed by atoms with van der Waals surface area (Å²) in [5.41, 5.74) is 0.639. The molecule has 2 atom stereocenters. The maximum atomic E-state index is 13.1. The average molecular weight is 518 g/mol. The summed E-state index contributed by atoms with van der Waals surface area (Å²) in [5, 5.41) is 0. The predicted molar refractivity (Wildman–Crippen MR) is 136 cm³/mol. The van der Waals surface area contributed by atoms with Crippen molar-refractivity contribution in [3.8, 4) is 0 Å². The average Bonchev–Trinajstić information content (AvgIpc) is 2.92. The van der Waals surface area contributed by atoms with Gasteiger partial charge in [0, 0.05) is 24.4 Å². The summed E-state index contributed by atoms with van der Waals surface area (Å²) in [6.45, 7) is 0. The maximum absolute atomic E-state index is 13.1. The van der Waals surface area contributed by atoms with Crippen molar-refractivity contribution in [2.75, 3.05) is 0 Å². The van der Waals surface area contributed by atoms with Crippen molar-refractivity contribution in [1.29, 1.82) is 0 Å². The Morgan fingerprint density at radius 1 is 0.816 bits per heavy atom. The molecule has 0 saturated carbocycles. The van der Waals surface area contributed by atoms with Crippen molar-refractivity contribution in [3.05, 3.63) is 132 Å². The molecule has 38 heavy (non-hydrogen) atoms. The number of rotatable bonds is 6. The molecule has 0 radical (unpaired) electrons. The first kappa shape index (κ1) is 26.3. The van der Waals surface area contributed by atoms with E-state index in [0.29, 0.717) is 5.56 Å². The molecule has 192 valence electrons. The zero-order chi connectivity index (χ0) is 27.1. The Morgan fingerprint density at radius 3 is 2.13 bits per heavy atom. The number of halogens is 3. The number of carbonyl (C=O) groups is 3. The highest BCUT2D eigenvalue weighted by atomic mass is 19.4. The van der Waals surface area contributed by atoms with E-state index in [0.717, 1.165) is 29.8 Å². The van der Waals surface area contributed by atoms with E-state index in [1.807, 2.05) is 30.3 Å². The molecule has 0 spiro atoms. The Bertz CT molecular complexity index is 1400. The Kier molecular flexibility index (Phi) is 8.01. The van der Waals surface area contributed by atoms with Crippen molar-refractivity contribution in [2.45, 2.75) is 18.3 Å². The van der Waals surface area contributed by atoms with Crippen molar-refractivity contribution in [1.82, 2.24) is 4.90 Å². The number of carbonyl (C=O) groups excluding carboxylic acids is 3. The minimum atomic E-state index is -4.53. The van der Waals surface area contributed by atoms with Crippen LogP contribution >= 0.6 is 0 Å². The van der Waals surface area contributed by atoms with Crippen LogP contribution in [0.1, 0.15) is 28.3 Å². The molecule has 1 heterocycles. The standard InChI is InChI=1S/C30H22F3NO4/c31-30(32,33)24-13-7-10-22(20-24)15-17-27(37)38-29-25(35)18-19-34(28(29)23-11-5-2-6-12-23)26(36)16-14-21-8-3-1-4-9-21/h1-20,28-29H/b16-14+,17-15+/t28-,29+/m1/s1. The second-order valence-electron chi connectivity index (χ2n) is 8.38. The lowest BCUT2D eigenvalue weighted by Crippen LogP contribution is -2.45. The summed E-state index contributed by atoms with van der Waals surface area (Å²) in [7, 11) is 0. The SMILES string of the molecule is O=C(/C=C/c1cccc(C(F)(F)F)c1)O[C@H]1C(=O)C=CN(C(=O)/C=C/c2ccccc2)[C@@H]1c1ccccc1. The van der Waals surface area contributed by atoms with E-state index in [1.54, 1.807) is 36.4 Å². The number of nitrogens with zero attached hydrogens (tertiary/aromatic N) is 1. The molecule has 5 nitrogen and oxygen atoms in total. The monoisotopic (exact) mass is 517 g/mol. The second kappa shape index (κ2) is 11.6. The summed E-state index contributed by atoms with van der Waals surface area (Å²) in [4.78, 5) is 39.9. The van der Waals surface area contributed by atoms with Gasteiger partial charge >= 0.3 is 12.1 Å². The number of amides is 1. The van der Waals surface area contributed by atoms with Crippen LogP contribution < -0.4 is 0 Å². The summed E-state index contributed by atoms with van der Waals surface area (Å²) in [6, 6.07) is 21.3. The first-order valence-corrected chi connectivity index (χ1v) is 11.6. The summed E-state index contributed by atoms with van der Waals surface area (Å²) < 4.78 is 44.4. The van der Waals surface area contributed by atoms with E-state index < -0.39 is 41.5 Å². The molecule has 4 rings (SSSR count). The van der Waals surface area contributed by atoms with Gasteiger partial charge in [0.05, 0.1) is 5.56 Å². The normalized spacial score (nSPS) is 17.8. The third-order valence-electron chi connectivity index (χ3n) is 5.75. The number of esters is 1. The van der Waals surface area contributed by atoms with E-state index in [1.165, 1.54) is 35.4 Å². The molecular formula is C30H22F3NO4. The molecule has 3 aromatic rings. The highest BCUT2D eigenvalue weighted by Crippen LogP contribution is 2.32. The van der Waals surface area contributed by atoms with E-state index >= 15 is 0 Å². The fourth-order valence-electron chi connectivity index (χ4n) is 3.93. The molecule has 0 N–H and O–H groups in total. The summed E-state index contributed by atoms with van der Waals surface area (Å²) >= 11 is 0. The third-order valence-corrected chi connectivity index (χ3v) is 5.75. The van der Waals surface area contributed by atoms with Crippen LogP contribution in [0.15, 0.2) is 109 Å². The van der Waals surface area contributed by atoms with Gasteiger partial charge in [-0.15, -0.1) is 0 Å². The lowest BCUT2D eigenvalue weighted by molar-refractivity contribution is -0.155. The van der Waals surface area contributed by atoms with Gasteiger partial charge in [0.1, 0.15) is 6.04 Å². The Hall–Kier alpha value is -4.72. The number of hydrogen-bond donors (Lipinski definition) is 0. The van der Waals surface area contributed by atoms with E-state index in [2.05, 4.69) is 0 Å². The minimum absolute atomic E-state index is 0.133. The number of hydrogen-bond acceptors (Lipinski definition) is 4. The summed E-state index contributed by atoms with van der Waals surface area (Å²) in [6.07, 6.45) is 1.72. The predicted octanol–water partition coefficient (Wildman–Crippen LogP) is 6.01. The topological polar surface area (TPSA) is 63.7 Å². The fourth-order valence-corrected chi connectivity index (χ4v) is 3.93. The molecule has 0 fully saturated rings. The van der Waals surface area contributed by atoms with Gasteiger partial charge in [0.15, 0.2) is 11.9 Å². The van der Waals surface area contributed by atoms with Gasteiger partial charge in [0.2, 0.25) is 0 Å². The zero-order valence-corrected chi connectivity index (χ0v) is 19.9. The minimum Gasteiger partial charge on any atom is -0.448 e. The maximum Gasteiger partial charge on any atom is 0.416 e. The van der Waals surface area contributed by atoms with Crippen LogP contribution in [-0.4, -0.2) is 28.7 Å². The number of ether oxygens (including phenoxy) is 1. The molecule has 0 aliphatic carbocycles. The second-order valence-corrected chi connectivity index (χ2v) is 8.38. The van der Waals surface area contributed by atoms with Gasteiger partial charge in [0.25, 0.3) is 5.91 Å². The lowest BCUT2D eigenvalue weighted by Gasteiger charge is -2.35. The van der Waals surface area contributed by atoms with Crippen LogP contribution in [0.4, 0.5) is 13.2 Å². The van der Waals surface area contributed by atoms with Gasteiger partial charge in [-0.2, -0.15) is 13.2 Å². The third kappa shape index (κ3) is 6.53. The molecule has 0 unspecified atom stereocenters. The Morgan fingerprint density at radius 2 is 1.45 bits per heavy atom. The molecule has 0 saturated heterocycles. The number of benzene rings is 3. The largest absolute Gasteiger partial charge is 0.448 e. The van der Waals surface area contributed by atoms with Crippen LogP contribution in [0.3, 0.4) is 0 Å². The van der Waals surface area contributed by atoms with Gasteiger partial charge in [-0.1, -0.05) is 72.8 Å². The van der Waals surface area contributed by atoms with Crippen LogP contribution in [0.25, 0.3) is 12.2 Å². The molecule has 1 amide bonds. The molecule has 1 aliphatic heterocycles. The van der Waals surface area contributed by atoms with Crippen LogP contribution in [0.5, 0.6) is 0 Å². The highest BCUT2D eigenvalue weighted by Gasteiger charge is 2.39. The molecular weight excluding hydrogens is 495 g/mol. The van der Waals surface area contributed by atoms with Crippen LogP contribution in [-0.2, 0) is 25.3 Å². The Balaban J connectivity index is 1.58. The Labute approximate surface area is 217 Å². The van der Waals surface area contributed by atoms with Crippen molar-refractivity contribution in [3.63, 3.8) is 0 Å². The molecule has 0 aromatic heterocycles. The first-order chi connectivity index (χ1) is 18.2. The van der Waals surface area contributed by atoms with Crippen molar-refractivity contribution in [2.24, 2.45) is 0 Å². The van der Waals surface area contributed by atoms with Gasteiger partial charge < -0.3 is 9.64 Å². The quantitative estimate of drug-likeness (QED) is 0.297.